The standard InChI is InChI=1S/C21H20N4O3/c26-21(24-23-14-10-12-15(13-11-14)25(27)28)20-16-6-2-1-3-8-18(16)22-19-9-5-4-7-17(19)20/h4-5,7,9-13,23H,1-3,6,8H2,(H,24,26). The summed E-state index contributed by atoms with van der Waals surface area (Å²) in [5.41, 5.74) is 9.69. The van der Waals surface area contributed by atoms with E-state index in [2.05, 4.69) is 10.9 Å². The van der Waals surface area contributed by atoms with Crippen molar-refractivity contribution in [2.24, 2.45) is 0 Å². The Morgan fingerprint density at radius 1 is 1.00 bits per heavy atom. The summed E-state index contributed by atoms with van der Waals surface area (Å²) in [6.07, 6.45) is 4.99. The number of anilines is 1. The van der Waals surface area contributed by atoms with Gasteiger partial charge in [0.15, 0.2) is 0 Å². The molecular weight excluding hydrogens is 356 g/mol. The highest BCUT2D eigenvalue weighted by Gasteiger charge is 2.21. The molecule has 1 aliphatic rings. The van der Waals surface area contributed by atoms with Gasteiger partial charge in [0.25, 0.3) is 11.6 Å². The van der Waals surface area contributed by atoms with E-state index in [1.165, 1.54) is 12.1 Å². The maximum Gasteiger partial charge on any atom is 0.270 e. The molecule has 1 aromatic heterocycles. The summed E-state index contributed by atoms with van der Waals surface area (Å²) < 4.78 is 0. The highest BCUT2D eigenvalue weighted by molar-refractivity contribution is 6.08. The summed E-state index contributed by atoms with van der Waals surface area (Å²) >= 11 is 0. The number of nitro groups is 1. The molecule has 1 heterocycles. The minimum absolute atomic E-state index is 0.00215. The Morgan fingerprint density at radius 2 is 1.75 bits per heavy atom. The second kappa shape index (κ2) is 7.64. The lowest BCUT2D eigenvalue weighted by molar-refractivity contribution is -0.384. The molecule has 7 heteroatoms. The summed E-state index contributed by atoms with van der Waals surface area (Å²) in [6, 6.07) is 13.6. The molecule has 1 aliphatic carbocycles. The normalized spacial score (nSPS) is 13.4. The van der Waals surface area contributed by atoms with Gasteiger partial charge in [-0.05, 0) is 49.4 Å². The van der Waals surface area contributed by atoms with Crippen LogP contribution in [0.4, 0.5) is 11.4 Å². The van der Waals surface area contributed by atoms with E-state index in [4.69, 9.17) is 4.98 Å². The Labute approximate surface area is 161 Å². The number of nitrogens with one attached hydrogen (secondary N) is 2. The Bertz CT molecular complexity index is 1050. The van der Waals surface area contributed by atoms with E-state index in [1.54, 1.807) is 12.1 Å². The third-order valence-electron chi connectivity index (χ3n) is 5.04. The largest absolute Gasteiger partial charge is 0.298 e. The van der Waals surface area contributed by atoms with E-state index < -0.39 is 4.92 Å². The molecule has 0 aliphatic heterocycles. The zero-order valence-corrected chi connectivity index (χ0v) is 15.3. The number of hydrogen-bond acceptors (Lipinski definition) is 5. The molecule has 0 saturated heterocycles. The van der Waals surface area contributed by atoms with Crippen LogP contribution in [-0.2, 0) is 12.8 Å². The van der Waals surface area contributed by atoms with Crippen molar-refractivity contribution in [3.63, 3.8) is 0 Å². The molecule has 28 heavy (non-hydrogen) atoms. The van der Waals surface area contributed by atoms with Gasteiger partial charge in [0.1, 0.15) is 0 Å². The van der Waals surface area contributed by atoms with Gasteiger partial charge in [0, 0.05) is 23.2 Å². The average Bonchev–Trinajstić information content (AvgIpc) is 2.95. The van der Waals surface area contributed by atoms with E-state index in [9.17, 15) is 14.9 Å². The van der Waals surface area contributed by atoms with Crippen LogP contribution in [0.1, 0.15) is 40.9 Å². The Hall–Kier alpha value is -3.48. The number of aromatic nitrogens is 1. The van der Waals surface area contributed by atoms with Gasteiger partial charge >= 0.3 is 0 Å². The molecule has 0 bridgehead atoms. The van der Waals surface area contributed by atoms with Crippen molar-refractivity contribution in [2.75, 3.05) is 5.43 Å². The number of nitrogens with zero attached hydrogens (tertiary/aromatic N) is 2. The maximum absolute atomic E-state index is 13.1. The second-order valence-corrected chi connectivity index (χ2v) is 6.87. The molecule has 1 amide bonds. The number of aryl methyl sites for hydroxylation is 1. The number of pyridine rings is 1. The maximum atomic E-state index is 13.1. The molecule has 2 N–H and O–H groups in total. The topological polar surface area (TPSA) is 97.2 Å². The fraction of sp³-hybridized carbons (Fsp3) is 0.238. The van der Waals surface area contributed by atoms with Crippen LogP contribution in [0.25, 0.3) is 10.9 Å². The summed E-state index contributed by atoms with van der Waals surface area (Å²) in [5.74, 6) is -0.227. The molecule has 4 rings (SSSR count). The van der Waals surface area contributed by atoms with Crippen molar-refractivity contribution in [2.45, 2.75) is 32.1 Å². The highest BCUT2D eigenvalue weighted by Crippen LogP contribution is 2.28. The number of para-hydroxylation sites is 1. The van der Waals surface area contributed by atoms with Crippen LogP contribution in [0, 0.1) is 10.1 Å². The van der Waals surface area contributed by atoms with Gasteiger partial charge in [0.2, 0.25) is 0 Å². The summed E-state index contributed by atoms with van der Waals surface area (Å²) in [6.45, 7) is 0. The molecule has 7 nitrogen and oxygen atoms in total. The predicted molar refractivity (Wildman–Crippen MR) is 107 cm³/mol. The van der Waals surface area contributed by atoms with Crippen LogP contribution < -0.4 is 10.9 Å². The summed E-state index contributed by atoms with van der Waals surface area (Å²) in [5, 5.41) is 11.6. The zero-order chi connectivity index (χ0) is 19.5. The quantitative estimate of drug-likeness (QED) is 0.405. The fourth-order valence-corrected chi connectivity index (χ4v) is 3.67. The lowest BCUT2D eigenvalue weighted by atomic mass is 9.96. The minimum Gasteiger partial charge on any atom is -0.298 e. The molecule has 0 unspecified atom stereocenters. The monoisotopic (exact) mass is 376 g/mol. The van der Waals surface area contributed by atoms with Gasteiger partial charge in [-0.1, -0.05) is 24.6 Å². The first-order valence-electron chi connectivity index (χ1n) is 9.35. The van der Waals surface area contributed by atoms with Gasteiger partial charge in [-0.15, -0.1) is 0 Å². The van der Waals surface area contributed by atoms with Crippen LogP contribution in [0.3, 0.4) is 0 Å². The van der Waals surface area contributed by atoms with Gasteiger partial charge in [-0.25, -0.2) is 0 Å². The zero-order valence-electron chi connectivity index (χ0n) is 15.3. The van der Waals surface area contributed by atoms with Crippen LogP contribution in [-0.4, -0.2) is 15.8 Å². The number of carbonyl (C=O) groups excluding carboxylic acids is 1. The van der Waals surface area contributed by atoms with E-state index in [0.29, 0.717) is 11.3 Å². The van der Waals surface area contributed by atoms with Crippen LogP contribution in [0.2, 0.25) is 0 Å². The minimum atomic E-state index is -0.458. The van der Waals surface area contributed by atoms with Crippen molar-refractivity contribution in [3.05, 3.63) is 75.5 Å². The Balaban J connectivity index is 1.64. The molecule has 0 fully saturated rings. The first-order chi connectivity index (χ1) is 13.6. The molecule has 3 aromatic rings. The van der Waals surface area contributed by atoms with E-state index in [-0.39, 0.29) is 11.6 Å². The number of hydrazine groups is 1. The number of fused-ring (bicyclic) bond motifs is 2. The lowest BCUT2D eigenvalue weighted by Crippen LogP contribution is -2.30. The number of non-ortho nitro benzene ring substituents is 1. The molecule has 0 radical (unpaired) electrons. The van der Waals surface area contributed by atoms with Gasteiger partial charge in [-0.2, -0.15) is 0 Å². The van der Waals surface area contributed by atoms with E-state index >= 15 is 0 Å². The van der Waals surface area contributed by atoms with Crippen molar-refractivity contribution < 1.29 is 9.72 Å². The van der Waals surface area contributed by atoms with Gasteiger partial charge < -0.3 is 0 Å². The number of nitro benzene ring substituents is 1. The third-order valence-corrected chi connectivity index (χ3v) is 5.04. The first-order valence-corrected chi connectivity index (χ1v) is 9.35. The number of carbonyl (C=O) groups is 1. The SMILES string of the molecule is O=C(NNc1ccc([N+](=O)[O-])cc1)c1c2c(nc3ccccc13)CCCCC2. The fourth-order valence-electron chi connectivity index (χ4n) is 3.67. The molecular formula is C21H20N4O3. The molecule has 2 aromatic carbocycles. The van der Waals surface area contributed by atoms with E-state index in [0.717, 1.165) is 54.3 Å². The molecule has 0 atom stereocenters. The number of hydrogen-bond donors (Lipinski definition) is 2. The van der Waals surface area contributed by atoms with Crippen molar-refractivity contribution >= 4 is 28.2 Å². The van der Waals surface area contributed by atoms with Crippen molar-refractivity contribution in [3.8, 4) is 0 Å². The van der Waals surface area contributed by atoms with Gasteiger partial charge in [0.05, 0.1) is 21.7 Å². The van der Waals surface area contributed by atoms with Crippen molar-refractivity contribution in [1.29, 1.82) is 0 Å². The van der Waals surface area contributed by atoms with Gasteiger partial charge in [-0.3, -0.25) is 30.7 Å². The average molecular weight is 376 g/mol. The second-order valence-electron chi connectivity index (χ2n) is 6.87. The molecule has 142 valence electrons. The van der Waals surface area contributed by atoms with Crippen LogP contribution >= 0.6 is 0 Å². The smallest absolute Gasteiger partial charge is 0.270 e. The van der Waals surface area contributed by atoms with Crippen LogP contribution in [0.15, 0.2) is 48.5 Å². The molecule has 0 saturated carbocycles. The third kappa shape index (κ3) is 3.51. The van der Waals surface area contributed by atoms with E-state index in [1.807, 2.05) is 24.3 Å². The van der Waals surface area contributed by atoms with Crippen LogP contribution in [0.5, 0.6) is 0 Å². The predicted octanol–water partition coefficient (Wildman–Crippen LogP) is 4.17. The summed E-state index contributed by atoms with van der Waals surface area (Å²) in [4.78, 5) is 28.2. The Morgan fingerprint density at radius 3 is 2.54 bits per heavy atom. The highest BCUT2D eigenvalue weighted by atomic mass is 16.6. The first kappa shape index (κ1) is 17.9. The number of benzene rings is 2. The Kier molecular flexibility index (Phi) is 4.89. The lowest BCUT2D eigenvalue weighted by Gasteiger charge is -2.16. The van der Waals surface area contributed by atoms with Crippen molar-refractivity contribution in [1.82, 2.24) is 10.4 Å². The summed E-state index contributed by atoms with van der Waals surface area (Å²) in [7, 11) is 0. The number of rotatable bonds is 4. The number of amides is 1. The molecule has 0 spiro atoms.